The van der Waals surface area contributed by atoms with E-state index in [9.17, 15) is 27.2 Å². The van der Waals surface area contributed by atoms with Crippen LogP contribution in [-0.2, 0) is 31.0 Å². The van der Waals surface area contributed by atoms with Crippen LogP contribution in [0.5, 0.6) is 0 Å². The highest BCUT2D eigenvalue weighted by molar-refractivity contribution is 7.89. The highest BCUT2D eigenvalue weighted by Crippen LogP contribution is 2.31. The van der Waals surface area contributed by atoms with Gasteiger partial charge >= 0.3 is 0 Å². The SMILES string of the molecule is CC(=O)Nc1ccc(S(=O)(=O)N(Cc2ccc(F)cc2)C2CC(=O)N(c3ccc(C#N)cc3)C2=O)cc1. The van der Waals surface area contributed by atoms with Gasteiger partial charge in [0.25, 0.3) is 5.91 Å². The zero-order valence-electron chi connectivity index (χ0n) is 19.6. The number of hydrogen-bond acceptors (Lipinski definition) is 6. The topological polar surface area (TPSA) is 128 Å². The van der Waals surface area contributed by atoms with Crippen molar-refractivity contribution in [1.29, 1.82) is 5.26 Å². The Kier molecular flexibility index (Phi) is 7.15. The van der Waals surface area contributed by atoms with Crippen molar-refractivity contribution in [2.75, 3.05) is 10.2 Å². The van der Waals surface area contributed by atoms with Crippen LogP contribution in [0.15, 0.2) is 77.7 Å². The first-order valence-corrected chi connectivity index (χ1v) is 12.5. The predicted octanol–water partition coefficient (Wildman–Crippen LogP) is 3.18. The number of benzene rings is 3. The highest BCUT2D eigenvalue weighted by Gasteiger charge is 2.47. The van der Waals surface area contributed by atoms with Gasteiger partial charge in [-0.05, 0) is 66.2 Å². The smallest absolute Gasteiger partial charge is 0.252 e. The average molecular weight is 521 g/mol. The van der Waals surface area contributed by atoms with Crippen molar-refractivity contribution in [3.8, 4) is 6.07 Å². The fraction of sp³-hybridized carbons (Fsp3) is 0.154. The molecule has 3 amide bonds. The van der Waals surface area contributed by atoms with Crippen molar-refractivity contribution in [1.82, 2.24) is 4.31 Å². The Hall–Kier alpha value is -4.40. The fourth-order valence-corrected chi connectivity index (χ4v) is 5.55. The first-order chi connectivity index (χ1) is 17.6. The monoisotopic (exact) mass is 520 g/mol. The Bertz CT molecular complexity index is 1500. The van der Waals surface area contributed by atoms with Crippen LogP contribution in [0, 0.1) is 17.1 Å². The number of nitrogens with one attached hydrogen (secondary N) is 1. The van der Waals surface area contributed by atoms with Crippen LogP contribution in [0.3, 0.4) is 0 Å². The normalized spacial score (nSPS) is 15.6. The minimum absolute atomic E-state index is 0.152. The molecule has 0 bridgehead atoms. The van der Waals surface area contributed by atoms with Crippen molar-refractivity contribution < 1.29 is 27.2 Å². The quantitative estimate of drug-likeness (QED) is 0.477. The number of halogens is 1. The zero-order chi connectivity index (χ0) is 26.7. The highest BCUT2D eigenvalue weighted by atomic mass is 32.2. The van der Waals surface area contributed by atoms with E-state index in [1.165, 1.54) is 79.7 Å². The van der Waals surface area contributed by atoms with E-state index in [1.54, 1.807) is 0 Å². The summed E-state index contributed by atoms with van der Waals surface area (Å²) >= 11 is 0. The molecule has 11 heteroatoms. The molecule has 0 spiro atoms. The van der Waals surface area contributed by atoms with E-state index >= 15 is 0 Å². The maximum Gasteiger partial charge on any atom is 0.252 e. The molecule has 4 rings (SSSR count). The van der Waals surface area contributed by atoms with E-state index in [1.807, 2.05) is 6.07 Å². The first-order valence-electron chi connectivity index (χ1n) is 11.1. The molecule has 3 aromatic rings. The van der Waals surface area contributed by atoms with Gasteiger partial charge in [0.05, 0.1) is 28.6 Å². The van der Waals surface area contributed by atoms with Crippen LogP contribution < -0.4 is 10.2 Å². The van der Waals surface area contributed by atoms with Gasteiger partial charge in [0.1, 0.15) is 11.9 Å². The van der Waals surface area contributed by atoms with E-state index < -0.39 is 40.1 Å². The van der Waals surface area contributed by atoms with Crippen LogP contribution >= 0.6 is 0 Å². The van der Waals surface area contributed by atoms with Crippen LogP contribution in [0.2, 0.25) is 0 Å². The van der Waals surface area contributed by atoms with Crippen LogP contribution in [0.25, 0.3) is 0 Å². The van der Waals surface area contributed by atoms with Crippen LogP contribution in [0.1, 0.15) is 24.5 Å². The molecule has 1 fully saturated rings. The second-order valence-corrected chi connectivity index (χ2v) is 10.2. The Morgan fingerprint density at radius 2 is 1.68 bits per heavy atom. The molecule has 37 heavy (non-hydrogen) atoms. The summed E-state index contributed by atoms with van der Waals surface area (Å²) in [6.07, 6.45) is -0.400. The molecule has 1 unspecified atom stereocenters. The molecule has 0 saturated carbocycles. The van der Waals surface area contributed by atoms with Gasteiger partial charge in [-0.2, -0.15) is 9.57 Å². The van der Waals surface area contributed by atoms with E-state index in [0.29, 0.717) is 16.8 Å². The van der Waals surface area contributed by atoms with Gasteiger partial charge in [0, 0.05) is 19.2 Å². The van der Waals surface area contributed by atoms with Gasteiger partial charge in [0.15, 0.2) is 0 Å². The lowest BCUT2D eigenvalue weighted by Gasteiger charge is -2.27. The lowest BCUT2D eigenvalue weighted by atomic mass is 10.2. The number of rotatable bonds is 7. The van der Waals surface area contributed by atoms with E-state index in [2.05, 4.69) is 5.32 Å². The standard InChI is InChI=1S/C26H21FN4O5S/c1-17(32)29-21-8-12-23(13-9-21)37(35,36)30(16-19-2-6-20(27)7-3-19)24-14-25(33)31(26(24)34)22-10-4-18(15-28)5-11-22/h2-13,24H,14,16H2,1H3,(H,29,32). The summed E-state index contributed by atoms with van der Waals surface area (Å²) in [6.45, 7) is 1.03. The third-order valence-electron chi connectivity index (χ3n) is 5.76. The number of carbonyl (C=O) groups is 3. The number of sulfonamides is 1. The summed E-state index contributed by atoms with van der Waals surface area (Å²) in [5, 5.41) is 11.6. The van der Waals surface area contributed by atoms with Gasteiger partial charge in [-0.1, -0.05) is 12.1 Å². The van der Waals surface area contributed by atoms with Gasteiger partial charge in [-0.15, -0.1) is 0 Å². The molecule has 9 nitrogen and oxygen atoms in total. The molecule has 0 aromatic heterocycles. The lowest BCUT2D eigenvalue weighted by Crippen LogP contribution is -2.45. The molecule has 188 valence electrons. The number of hydrogen-bond donors (Lipinski definition) is 1. The molecule has 1 aliphatic rings. The second-order valence-electron chi connectivity index (χ2n) is 8.33. The minimum atomic E-state index is -4.33. The van der Waals surface area contributed by atoms with E-state index in [0.717, 1.165) is 9.21 Å². The van der Waals surface area contributed by atoms with Gasteiger partial charge < -0.3 is 5.32 Å². The molecule has 0 radical (unpaired) electrons. The van der Waals surface area contributed by atoms with Crippen molar-refractivity contribution in [2.45, 2.75) is 30.8 Å². The second kappa shape index (κ2) is 10.3. The number of imide groups is 1. The lowest BCUT2D eigenvalue weighted by molar-refractivity contribution is -0.122. The van der Waals surface area contributed by atoms with Crippen molar-refractivity contribution in [2.24, 2.45) is 0 Å². The Morgan fingerprint density at radius 1 is 1.05 bits per heavy atom. The number of anilines is 2. The summed E-state index contributed by atoms with van der Waals surface area (Å²) in [5.74, 6) is -2.17. The largest absolute Gasteiger partial charge is 0.326 e. The predicted molar refractivity (Wildman–Crippen MR) is 132 cm³/mol. The van der Waals surface area contributed by atoms with E-state index in [4.69, 9.17) is 5.26 Å². The van der Waals surface area contributed by atoms with Crippen LogP contribution in [0.4, 0.5) is 15.8 Å². The van der Waals surface area contributed by atoms with E-state index in [-0.39, 0.29) is 23.0 Å². The van der Waals surface area contributed by atoms with Crippen LogP contribution in [-0.4, -0.2) is 36.5 Å². The number of nitriles is 1. The Morgan fingerprint density at radius 3 is 2.24 bits per heavy atom. The molecular formula is C26H21FN4O5S. The average Bonchev–Trinajstić information content (AvgIpc) is 3.16. The number of carbonyl (C=O) groups excluding carboxylic acids is 3. The Balaban J connectivity index is 1.72. The molecular weight excluding hydrogens is 499 g/mol. The molecule has 3 aromatic carbocycles. The summed E-state index contributed by atoms with van der Waals surface area (Å²) in [6, 6.07) is 16.9. The zero-order valence-corrected chi connectivity index (χ0v) is 20.4. The molecule has 1 heterocycles. The summed E-state index contributed by atoms with van der Waals surface area (Å²) < 4.78 is 41.9. The minimum Gasteiger partial charge on any atom is -0.326 e. The van der Waals surface area contributed by atoms with Gasteiger partial charge in [-0.3, -0.25) is 14.4 Å². The third kappa shape index (κ3) is 5.40. The Labute approximate surface area is 212 Å². The fourth-order valence-electron chi connectivity index (χ4n) is 3.98. The number of amides is 3. The maximum atomic E-state index is 13.7. The molecule has 1 atom stereocenters. The third-order valence-corrected chi connectivity index (χ3v) is 7.63. The number of nitrogens with zero attached hydrogens (tertiary/aromatic N) is 3. The van der Waals surface area contributed by atoms with Crippen molar-refractivity contribution in [3.63, 3.8) is 0 Å². The molecule has 1 N–H and O–H groups in total. The molecule has 0 aliphatic carbocycles. The molecule has 1 aliphatic heterocycles. The summed E-state index contributed by atoms with van der Waals surface area (Å²) in [4.78, 5) is 38.4. The summed E-state index contributed by atoms with van der Waals surface area (Å²) in [7, 11) is -4.33. The van der Waals surface area contributed by atoms with Crippen molar-refractivity contribution >= 4 is 39.1 Å². The molecule has 1 saturated heterocycles. The summed E-state index contributed by atoms with van der Waals surface area (Å²) in [5.41, 5.74) is 1.35. The first kappa shape index (κ1) is 25.7. The van der Waals surface area contributed by atoms with Gasteiger partial charge in [-0.25, -0.2) is 17.7 Å². The van der Waals surface area contributed by atoms with Crippen molar-refractivity contribution in [3.05, 3.63) is 89.7 Å². The maximum absolute atomic E-state index is 13.7. The van der Waals surface area contributed by atoms with Gasteiger partial charge in [0.2, 0.25) is 21.8 Å².